The Labute approximate surface area is 140 Å². The largest absolute Gasteiger partial charge is 0.497 e. The molecule has 7 nitrogen and oxygen atoms in total. The van der Waals surface area contributed by atoms with Crippen LogP contribution in [0.1, 0.15) is 31.2 Å². The highest BCUT2D eigenvalue weighted by molar-refractivity contribution is 6.04. The molecular formula is C17H21N3O4. The number of benzene rings is 1. The van der Waals surface area contributed by atoms with Crippen molar-refractivity contribution in [2.45, 2.75) is 44.3 Å². The second kappa shape index (κ2) is 6.90. The van der Waals surface area contributed by atoms with E-state index in [1.807, 2.05) is 12.1 Å². The Hall–Kier alpha value is -2.57. The van der Waals surface area contributed by atoms with Crippen molar-refractivity contribution in [3.8, 4) is 5.75 Å². The Morgan fingerprint density at radius 3 is 2.62 bits per heavy atom. The molecule has 2 N–H and O–H groups in total. The molecule has 1 atom stereocenters. The molecule has 128 valence electrons. The van der Waals surface area contributed by atoms with Crippen LogP contribution in [0, 0.1) is 0 Å². The molecule has 2 fully saturated rings. The molecular weight excluding hydrogens is 310 g/mol. The van der Waals surface area contributed by atoms with Crippen LogP contribution in [0.3, 0.4) is 0 Å². The number of imide groups is 1. The van der Waals surface area contributed by atoms with Crippen LogP contribution in [-0.2, 0) is 16.1 Å². The van der Waals surface area contributed by atoms with Crippen LogP contribution in [0.4, 0.5) is 4.79 Å². The van der Waals surface area contributed by atoms with Gasteiger partial charge in [-0.15, -0.1) is 0 Å². The zero-order valence-corrected chi connectivity index (χ0v) is 13.6. The van der Waals surface area contributed by atoms with Crippen LogP contribution in [0.2, 0.25) is 0 Å². The monoisotopic (exact) mass is 331 g/mol. The second-order valence-electron chi connectivity index (χ2n) is 6.15. The van der Waals surface area contributed by atoms with E-state index in [2.05, 4.69) is 10.6 Å². The van der Waals surface area contributed by atoms with Crippen molar-refractivity contribution in [2.75, 3.05) is 7.11 Å². The number of methoxy groups -OCH3 is 1. The SMILES string of the molecule is COc1ccc(CN2C(=O)NC(CCC(=O)NC3CC3)C2=O)cc1. The Balaban J connectivity index is 1.53. The van der Waals surface area contributed by atoms with Crippen molar-refractivity contribution in [2.24, 2.45) is 0 Å². The van der Waals surface area contributed by atoms with Crippen molar-refractivity contribution in [3.05, 3.63) is 29.8 Å². The van der Waals surface area contributed by atoms with Crippen LogP contribution in [0.25, 0.3) is 0 Å². The Kier molecular flexibility index (Phi) is 4.69. The van der Waals surface area contributed by atoms with Gasteiger partial charge >= 0.3 is 6.03 Å². The van der Waals surface area contributed by atoms with Gasteiger partial charge in [0.15, 0.2) is 0 Å². The van der Waals surface area contributed by atoms with Crippen molar-refractivity contribution in [1.82, 2.24) is 15.5 Å². The first-order chi connectivity index (χ1) is 11.6. The first-order valence-corrected chi connectivity index (χ1v) is 8.11. The van der Waals surface area contributed by atoms with E-state index in [1.54, 1.807) is 19.2 Å². The molecule has 1 saturated heterocycles. The van der Waals surface area contributed by atoms with Crippen molar-refractivity contribution < 1.29 is 19.1 Å². The van der Waals surface area contributed by atoms with Gasteiger partial charge < -0.3 is 15.4 Å². The Bertz CT molecular complexity index is 640. The maximum absolute atomic E-state index is 12.4. The molecule has 24 heavy (non-hydrogen) atoms. The number of nitrogens with zero attached hydrogens (tertiary/aromatic N) is 1. The van der Waals surface area contributed by atoms with Crippen LogP contribution < -0.4 is 15.4 Å². The van der Waals surface area contributed by atoms with Crippen LogP contribution >= 0.6 is 0 Å². The highest BCUT2D eigenvalue weighted by Crippen LogP contribution is 2.20. The number of ether oxygens (including phenoxy) is 1. The van der Waals surface area contributed by atoms with E-state index in [0.29, 0.717) is 12.5 Å². The molecule has 1 aliphatic carbocycles. The summed E-state index contributed by atoms with van der Waals surface area (Å²) in [5.41, 5.74) is 0.839. The molecule has 1 aromatic carbocycles. The standard InChI is InChI=1S/C17H21N3O4/c1-24-13-6-2-11(3-7-13)10-20-16(22)14(19-17(20)23)8-9-15(21)18-12-4-5-12/h2-3,6-7,12,14H,4-5,8-10H2,1H3,(H,18,21)(H,19,23). The summed E-state index contributed by atoms with van der Waals surface area (Å²) in [7, 11) is 1.58. The van der Waals surface area contributed by atoms with Gasteiger partial charge in [0.1, 0.15) is 11.8 Å². The van der Waals surface area contributed by atoms with E-state index in [4.69, 9.17) is 4.74 Å². The quantitative estimate of drug-likeness (QED) is 0.734. The highest BCUT2D eigenvalue weighted by atomic mass is 16.5. The summed E-state index contributed by atoms with van der Waals surface area (Å²) >= 11 is 0. The summed E-state index contributed by atoms with van der Waals surface area (Å²) in [6, 6.07) is 6.47. The second-order valence-corrected chi connectivity index (χ2v) is 6.15. The number of hydrogen-bond acceptors (Lipinski definition) is 4. The average Bonchev–Trinajstić information content (AvgIpc) is 3.35. The summed E-state index contributed by atoms with van der Waals surface area (Å²) in [6.07, 6.45) is 2.62. The molecule has 0 spiro atoms. The number of nitrogens with one attached hydrogen (secondary N) is 2. The van der Waals surface area contributed by atoms with Gasteiger partial charge in [0.05, 0.1) is 13.7 Å². The third-order valence-electron chi connectivity index (χ3n) is 4.21. The molecule has 7 heteroatoms. The summed E-state index contributed by atoms with van der Waals surface area (Å²) in [6.45, 7) is 0.208. The van der Waals surface area contributed by atoms with E-state index in [1.165, 1.54) is 4.90 Å². The number of amides is 4. The Morgan fingerprint density at radius 1 is 1.29 bits per heavy atom. The smallest absolute Gasteiger partial charge is 0.325 e. The first kappa shape index (κ1) is 16.3. The molecule has 0 bridgehead atoms. The fraction of sp³-hybridized carbons (Fsp3) is 0.471. The highest BCUT2D eigenvalue weighted by Gasteiger charge is 2.38. The molecule has 3 rings (SSSR count). The maximum atomic E-state index is 12.4. The van der Waals surface area contributed by atoms with Crippen LogP contribution in [0.15, 0.2) is 24.3 Å². The van der Waals surface area contributed by atoms with Gasteiger partial charge in [-0.3, -0.25) is 14.5 Å². The molecule has 0 aromatic heterocycles. The van der Waals surface area contributed by atoms with Crippen molar-refractivity contribution >= 4 is 17.8 Å². The summed E-state index contributed by atoms with van der Waals surface area (Å²) in [5, 5.41) is 5.53. The molecule has 1 unspecified atom stereocenters. The predicted molar refractivity (Wildman–Crippen MR) is 86.3 cm³/mol. The van der Waals surface area contributed by atoms with E-state index < -0.39 is 12.1 Å². The van der Waals surface area contributed by atoms with Gasteiger partial charge in [-0.05, 0) is 37.0 Å². The minimum Gasteiger partial charge on any atom is -0.497 e. The van der Waals surface area contributed by atoms with Gasteiger partial charge in [0.25, 0.3) is 5.91 Å². The summed E-state index contributed by atoms with van der Waals surface area (Å²) < 4.78 is 5.09. The number of rotatable bonds is 7. The average molecular weight is 331 g/mol. The lowest BCUT2D eigenvalue weighted by Gasteiger charge is -2.13. The molecule has 1 aromatic rings. The van der Waals surface area contributed by atoms with E-state index >= 15 is 0 Å². The fourth-order valence-corrected chi connectivity index (χ4v) is 2.64. The number of carbonyl (C=O) groups excluding carboxylic acids is 3. The lowest BCUT2D eigenvalue weighted by atomic mass is 10.1. The molecule has 1 aliphatic heterocycles. The normalized spacial score (nSPS) is 20.0. The molecule has 2 aliphatic rings. The molecule has 0 radical (unpaired) electrons. The number of hydrogen-bond donors (Lipinski definition) is 2. The zero-order chi connectivity index (χ0) is 17.1. The van der Waals surface area contributed by atoms with Gasteiger partial charge in [-0.2, -0.15) is 0 Å². The van der Waals surface area contributed by atoms with Gasteiger partial charge in [-0.25, -0.2) is 4.79 Å². The van der Waals surface area contributed by atoms with Crippen molar-refractivity contribution in [3.63, 3.8) is 0 Å². The van der Waals surface area contributed by atoms with E-state index in [9.17, 15) is 14.4 Å². The maximum Gasteiger partial charge on any atom is 0.325 e. The summed E-state index contributed by atoms with van der Waals surface area (Å²) in [4.78, 5) is 37.3. The molecule has 4 amide bonds. The topological polar surface area (TPSA) is 87.7 Å². The molecule has 1 heterocycles. The van der Waals surface area contributed by atoms with E-state index in [-0.39, 0.29) is 24.8 Å². The predicted octanol–water partition coefficient (Wildman–Crippen LogP) is 1.17. The van der Waals surface area contributed by atoms with Gasteiger partial charge in [0.2, 0.25) is 5.91 Å². The third-order valence-corrected chi connectivity index (χ3v) is 4.21. The summed E-state index contributed by atoms with van der Waals surface area (Å²) in [5.74, 6) is 0.374. The van der Waals surface area contributed by atoms with Crippen molar-refractivity contribution in [1.29, 1.82) is 0 Å². The third kappa shape index (κ3) is 3.84. The van der Waals surface area contributed by atoms with Gasteiger partial charge in [0, 0.05) is 12.5 Å². The fourth-order valence-electron chi connectivity index (χ4n) is 2.64. The first-order valence-electron chi connectivity index (χ1n) is 8.11. The van der Waals surface area contributed by atoms with Gasteiger partial charge in [-0.1, -0.05) is 12.1 Å². The van der Waals surface area contributed by atoms with E-state index in [0.717, 1.165) is 24.2 Å². The van der Waals surface area contributed by atoms with Crippen LogP contribution in [-0.4, -0.2) is 41.9 Å². The zero-order valence-electron chi connectivity index (χ0n) is 13.6. The Morgan fingerprint density at radius 2 is 2.00 bits per heavy atom. The van der Waals surface area contributed by atoms with Crippen LogP contribution in [0.5, 0.6) is 5.75 Å². The lowest BCUT2D eigenvalue weighted by molar-refractivity contribution is -0.128. The number of carbonyl (C=O) groups is 3. The number of urea groups is 1. The lowest BCUT2D eigenvalue weighted by Crippen LogP contribution is -2.33. The minimum atomic E-state index is -0.624. The minimum absolute atomic E-state index is 0.0619. The molecule has 1 saturated carbocycles.